The fourth-order valence-corrected chi connectivity index (χ4v) is 4.67. The molecule has 4 rings (SSSR count). The zero-order valence-electron chi connectivity index (χ0n) is 25.6. The summed E-state index contributed by atoms with van der Waals surface area (Å²) in [6, 6.07) is 15.3. The van der Waals surface area contributed by atoms with Crippen LogP contribution in [0.1, 0.15) is 36.0 Å². The molecule has 242 valence electrons. The molecule has 0 unspecified atom stereocenters. The molecule has 0 atom stereocenters. The van der Waals surface area contributed by atoms with E-state index in [0.29, 0.717) is 59.3 Å². The van der Waals surface area contributed by atoms with Gasteiger partial charge in [-0.25, -0.2) is 0 Å². The predicted molar refractivity (Wildman–Crippen MR) is 168 cm³/mol. The second kappa shape index (κ2) is 18.2. The molecule has 0 spiro atoms. The number of fused-ring (bicyclic) bond motifs is 2. The van der Waals surface area contributed by atoms with E-state index in [0.717, 1.165) is 27.3 Å². The number of carbonyl (C=O) groups excluding carboxylic acids is 5. The number of para-hydroxylation sites is 1. The molecule has 0 radical (unpaired) electrons. The van der Waals surface area contributed by atoms with Crippen LogP contribution < -0.4 is 15.5 Å². The first-order chi connectivity index (χ1) is 22.4. The molecule has 0 fully saturated rings. The lowest BCUT2D eigenvalue weighted by molar-refractivity contribution is -0.137. The molecule has 2 aromatic rings. The van der Waals surface area contributed by atoms with Gasteiger partial charge in [0.2, 0.25) is 17.7 Å². The second-order valence-corrected chi connectivity index (χ2v) is 10.4. The minimum Gasteiger partial charge on any atom is -0.377 e. The highest BCUT2D eigenvalue weighted by Crippen LogP contribution is 2.26. The molecule has 12 nitrogen and oxygen atoms in total. The summed E-state index contributed by atoms with van der Waals surface area (Å²) in [4.78, 5) is 63.1. The van der Waals surface area contributed by atoms with Crippen LogP contribution in [0.2, 0.25) is 0 Å². The Morgan fingerprint density at radius 3 is 1.89 bits per heavy atom. The van der Waals surface area contributed by atoms with Crippen LogP contribution in [-0.4, -0.2) is 93.7 Å². The largest absolute Gasteiger partial charge is 0.377 e. The zero-order chi connectivity index (χ0) is 32.6. The van der Waals surface area contributed by atoms with Gasteiger partial charge in [0.05, 0.1) is 51.9 Å². The average molecular weight is 631 g/mol. The highest BCUT2D eigenvalue weighted by atomic mass is 16.5. The molecule has 0 bridgehead atoms. The van der Waals surface area contributed by atoms with Crippen LogP contribution in [0.15, 0.2) is 60.7 Å². The summed E-state index contributed by atoms with van der Waals surface area (Å²) in [6.07, 6.45) is 2.54. The lowest BCUT2D eigenvalue weighted by Crippen LogP contribution is -2.35. The van der Waals surface area contributed by atoms with E-state index in [9.17, 15) is 24.0 Å². The summed E-state index contributed by atoms with van der Waals surface area (Å²) >= 11 is 0. The highest BCUT2D eigenvalue weighted by Gasteiger charge is 2.24. The van der Waals surface area contributed by atoms with Gasteiger partial charge in [-0.2, -0.15) is 0 Å². The van der Waals surface area contributed by atoms with Crippen molar-refractivity contribution in [3.05, 3.63) is 77.4 Å². The number of hydrogen-bond acceptors (Lipinski definition) is 8. The molecule has 0 aliphatic carbocycles. The molecular weight excluding hydrogens is 592 g/mol. The van der Waals surface area contributed by atoms with E-state index in [1.54, 1.807) is 4.90 Å². The summed E-state index contributed by atoms with van der Waals surface area (Å²) in [5, 5.41) is 5.45. The van der Waals surface area contributed by atoms with Crippen LogP contribution >= 0.6 is 0 Å². The van der Waals surface area contributed by atoms with Crippen molar-refractivity contribution in [1.82, 2.24) is 15.5 Å². The molecular formula is C34H38N4O8. The van der Waals surface area contributed by atoms with E-state index >= 15 is 0 Å². The summed E-state index contributed by atoms with van der Waals surface area (Å²) in [5.74, 6) is 4.90. The Labute approximate surface area is 268 Å². The molecule has 5 amide bonds. The van der Waals surface area contributed by atoms with Crippen molar-refractivity contribution < 1.29 is 38.2 Å². The van der Waals surface area contributed by atoms with Crippen LogP contribution in [0.4, 0.5) is 5.69 Å². The monoisotopic (exact) mass is 630 g/mol. The number of amides is 5. The Kier molecular flexibility index (Phi) is 13.5. The van der Waals surface area contributed by atoms with Crippen molar-refractivity contribution >= 4 is 35.2 Å². The predicted octanol–water partition coefficient (Wildman–Crippen LogP) is 1.31. The van der Waals surface area contributed by atoms with Crippen molar-refractivity contribution in [1.29, 1.82) is 0 Å². The third kappa shape index (κ3) is 10.7. The number of nitrogens with zero attached hydrogens (tertiary/aromatic N) is 2. The summed E-state index contributed by atoms with van der Waals surface area (Å²) < 4.78 is 16.3. The Morgan fingerprint density at radius 2 is 1.22 bits per heavy atom. The van der Waals surface area contributed by atoms with Gasteiger partial charge in [-0.3, -0.25) is 28.9 Å². The molecule has 0 saturated heterocycles. The maximum absolute atomic E-state index is 13.2. The fraction of sp³-hybridized carbons (Fsp3) is 0.382. The van der Waals surface area contributed by atoms with Gasteiger partial charge < -0.3 is 29.7 Å². The van der Waals surface area contributed by atoms with E-state index in [-0.39, 0.29) is 43.5 Å². The minimum absolute atomic E-state index is 0.0337. The van der Waals surface area contributed by atoms with Crippen LogP contribution in [0, 0.1) is 11.8 Å². The van der Waals surface area contributed by atoms with Crippen molar-refractivity contribution in [2.45, 2.75) is 25.8 Å². The minimum atomic E-state index is -0.409. The van der Waals surface area contributed by atoms with E-state index in [1.807, 2.05) is 48.5 Å². The van der Waals surface area contributed by atoms with Gasteiger partial charge in [-0.15, -0.1) is 0 Å². The number of hydrogen-bond donors (Lipinski definition) is 2. The van der Waals surface area contributed by atoms with E-state index in [1.165, 1.54) is 12.2 Å². The number of rotatable bonds is 18. The van der Waals surface area contributed by atoms with Crippen LogP contribution in [-0.2, 0) is 44.7 Å². The van der Waals surface area contributed by atoms with Crippen LogP contribution in [0.5, 0.6) is 0 Å². The van der Waals surface area contributed by atoms with Gasteiger partial charge >= 0.3 is 0 Å². The van der Waals surface area contributed by atoms with Gasteiger partial charge in [-0.05, 0) is 23.8 Å². The molecule has 2 aliphatic heterocycles. The van der Waals surface area contributed by atoms with Gasteiger partial charge in [0.1, 0.15) is 0 Å². The molecule has 0 aromatic heterocycles. The Bertz CT molecular complexity index is 1480. The number of carbonyl (C=O) groups is 5. The van der Waals surface area contributed by atoms with E-state index in [4.69, 9.17) is 14.2 Å². The molecule has 2 heterocycles. The summed E-state index contributed by atoms with van der Waals surface area (Å²) in [5.41, 5.74) is 3.35. The maximum Gasteiger partial charge on any atom is 0.253 e. The van der Waals surface area contributed by atoms with Gasteiger partial charge in [-0.1, -0.05) is 42.2 Å². The lowest BCUT2D eigenvalue weighted by Gasteiger charge is -2.26. The van der Waals surface area contributed by atoms with E-state index < -0.39 is 11.8 Å². The van der Waals surface area contributed by atoms with Gasteiger partial charge in [0, 0.05) is 62.2 Å². The normalized spacial score (nSPS) is 13.3. The van der Waals surface area contributed by atoms with Crippen molar-refractivity contribution in [3.63, 3.8) is 0 Å². The summed E-state index contributed by atoms with van der Waals surface area (Å²) in [6.45, 7) is 3.06. The molecule has 12 heteroatoms. The number of benzene rings is 2. The molecule has 2 aromatic carbocycles. The van der Waals surface area contributed by atoms with Crippen LogP contribution in [0.3, 0.4) is 0 Å². The Morgan fingerprint density at radius 1 is 0.674 bits per heavy atom. The fourth-order valence-electron chi connectivity index (χ4n) is 4.67. The smallest absolute Gasteiger partial charge is 0.253 e. The van der Waals surface area contributed by atoms with Crippen molar-refractivity contribution in [2.75, 3.05) is 64.2 Å². The summed E-state index contributed by atoms with van der Waals surface area (Å²) in [7, 11) is 0. The SMILES string of the molecule is O=C(CCC(=O)N1Cc2ccccc2C#Cc2ccccc21)NCCOCCOCCOCCNC(=O)CCN1C(=O)C=CC1=O. The Hall–Kier alpha value is -4.83. The van der Waals surface area contributed by atoms with Crippen molar-refractivity contribution in [3.8, 4) is 11.8 Å². The third-order valence-electron chi connectivity index (χ3n) is 7.08. The van der Waals surface area contributed by atoms with Gasteiger partial charge in [0.15, 0.2) is 0 Å². The molecule has 46 heavy (non-hydrogen) atoms. The zero-order valence-corrected chi connectivity index (χ0v) is 25.6. The third-order valence-corrected chi connectivity index (χ3v) is 7.08. The second-order valence-electron chi connectivity index (χ2n) is 10.4. The number of ether oxygens (including phenoxy) is 3. The Balaban J connectivity index is 0.990. The lowest BCUT2D eigenvalue weighted by atomic mass is 10.0. The first kappa shape index (κ1) is 34.1. The molecule has 2 aliphatic rings. The molecule has 0 saturated carbocycles. The standard InChI is InChI=1S/C34H38N4O8/c39-30(11-12-34(43)38-25-28-7-2-1-5-26(28)9-10-27-6-3-4-8-29(27)38)35-16-19-44-21-23-46-24-22-45-20-17-36-31(40)15-18-37-32(41)13-14-33(37)42/h1-8,13-14H,11-12,15-25H2,(H,35,39)(H,36,40). The molecule has 2 N–H and O–H groups in total. The van der Waals surface area contributed by atoms with Crippen LogP contribution in [0.25, 0.3) is 0 Å². The number of imide groups is 1. The first-order valence-corrected chi connectivity index (χ1v) is 15.2. The first-order valence-electron chi connectivity index (χ1n) is 15.2. The maximum atomic E-state index is 13.2. The quantitative estimate of drug-likeness (QED) is 0.143. The number of nitrogens with one attached hydrogen (secondary N) is 2. The highest BCUT2D eigenvalue weighted by molar-refractivity contribution is 6.13. The van der Waals surface area contributed by atoms with Crippen molar-refractivity contribution in [2.24, 2.45) is 0 Å². The average Bonchev–Trinajstić information content (AvgIpc) is 3.38. The number of anilines is 1. The topological polar surface area (TPSA) is 144 Å². The van der Waals surface area contributed by atoms with E-state index in [2.05, 4.69) is 22.5 Å². The van der Waals surface area contributed by atoms with Gasteiger partial charge in [0.25, 0.3) is 11.8 Å².